The zero-order chi connectivity index (χ0) is 59.7. The lowest BCUT2D eigenvalue weighted by molar-refractivity contribution is -0.148. The number of carbonyl (C=O) groups is 7. The van der Waals surface area contributed by atoms with Gasteiger partial charge in [-0.2, -0.15) is 0 Å². The summed E-state index contributed by atoms with van der Waals surface area (Å²) in [6, 6.07) is 14.7. The number of nitrogens with zero attached hydrogens (tertiary/aromatic N) is 2. The highest BCUT2D eigenvalue weighted by Gasteiger charge is 2.50. The van der Waals surface area contributed by atoms with Crippen molar-refractivity contribution in [3.8, 4) is 33.8 Å². The van der Waals surface area contributed by atoms with Gasteiger partial charge in [-0.3, -0.25) is 33.6 Å². The molecule has 24 nitrogen and oxygen atoms in total. The Morgan fingerprint density at radius 3 is 1.72 bits per heavy atom. The molecule has 3 aliphatic heterocycles. The second-order valence-electron chi connectivity index (χ2n) is 21.3. The lowest BCUT2D eigenvalue weighted by Gasteiger charge is -2.34. The van der Waals surface area contributed by atoms with Crippen molar-refractivity contribution >= 4 is 41.4 Å². The van der Waals surface area contributed by atoms with Gasteiger partial charge in [0.2, 0.25) is 35.4 Å². The molecule has 442 valence electrons. The molecule has 3 fully saturated rings. The van der Waals surface area contributed by atoms with E-state index >= 15 is 0 Å². The fourth-order valence-electron chi connectivity index (χ4n) is 10.2. The molecule has 0 radical (unpaired) electrons. The number of phenolic OH excluding ortho intramolecular Hbond substituents is 1. The van der Waals surface area contributed by atoms with Crippen LogP contribution in [-0.2, 0) is 28.8 Å². The summed E-state index contributed by atoms with van der Waals surface area (Å²) in [4.78, 5) is 102. The molecule has 3 saturated heterocycles. The van der Waals surface area contributed by atoms with Crippen LogP contribution in [0.4, 0.5) is 0 Å². The van der Waals surface area contributed by atoms with Crippen LogP contribution in [0.25, 0.3) is 22.3 Å². The summed E-state index contributed by atoms with van der Waals surface area (Å²) in [6.07, 6.45) is -13.6. The molecule has 7 amide bonds. The Morgan fingerprint density at radius 1 is 0.634 bits per heavy atom. The minimum absolute atomic E-state index is 0.00973. The van der Waals surface area contributed by atoms with Crippen LogP contribution in [-0.4, -0.2) is 196 Å². The smallest absolute Gasteiger partial charge is 0.251 e. The number of aliphatic hydroxyl groups excluding tert-OH is 8. The Hall–Kier alpha value is -7.55. The molecule has 7 rings (SSSR count). The number of fused-ring (bicyclic) bond motifs is 2. The summed E-state index contributed by atoms with van der Waals surface area (Å²) >= 11 is 0. The molecule has 24 heteroatoms. The van der Waals surface area contributed by atoms with Gasteiger partial charge in [-0.1, -0.05) is 87.4 Å². The summed E-state index contributed by atoms with van der Waals surface area (Å²) in [7, 11) is 0. The number of hydrogen-bond donors (Lipinski definition) is 14. The van der Waals surface area contributed by atoms with Gasteiger partial charge in [0.25, 0.3) is 5.91 Å². The quantitative estimate of drug-likeness (QED) is 0.0679. The topological polar surface area (TPSA) is 377 Å². The molecule has 0 bridgehead atoms. The number of rotatable bonds is 14. The number of aromatic hydroxyl groups is 1. The van der Waals surface area contributed by atoms with Crippen molar-refractivity contribution in [3.63, 3.8) is 0 Å². The van der Waals surface area contributed by atoms with E-state index in [1.807, 2.05) is 48.5 Å². The fourth-order valence-corrected chi connectivity index (χ4v) is 10.2. The number of nitrogens with one attached hydrogen (secondary N) is 5. The van der Waals surface area contributed by atoms with E-state index < -0.39 is 152 Å². The van der Waals surface area contributed by atoms with Gasteiger partial charge >= 0.3 is 0 Å². The average molecular weight is 1140 g/mol. The van der Waals surface area contributed by atoms with Crippen molar-refractivity contribution in [2.24, 2.45) is 5.92 Å². The Labute approximate surface area is 473 Å². The molecule has 0 aliphatic carbocycles. The van der Waals surface area contributed by atoms with Gasteiger partial charge in [0, 0.05) is 37.4 Å². The second kappa shape index (κ2) is 27.5. The number of benzene rings is 4. The number of aliphatic hydroxyl groups is 8. The number of phenols is 1. The van der Waals surface area contributed by atoms with Crippen molar-refractivity contribution in [1.82, 2.24) is 36.4 Å². The van der Waals surface area contributed by atoms with E-state index in [4.69, 9.17) is 4.74 Å². The third-order valence-electron chi connectivity index (χ3n) is 15.0. The maximum atomic E-state index is 14.5. The first kappa shape index (κ1) is 62.1. The van der Waals surface area contributed by atoms with E-state index in [-0.39, 0.29) is 23.4 Å². The molecule has 0 aromatic heterocycles. The van der Waals surface area contributed by atoms with E-state index in [1.165, 1.54) is 31.2 Å². The molecule has 4 aromatic carbocycles. The predicted molar refractivity (Wildman–Crippen MR) is 293 cm³/mol. The zero-order valence-corrected chi connectivity index (χ0v) is 45.7. The van der Waals surface area contributed by atoms with Crippen LogP contribution >= 0.6 is 0 Å². The summed E-state index contributed by atoms with van der Waals surface area (Å²) in [5.41, 5.74) is 3.37. The van der Waals surface area contributed by atoms with Crippen molar-refractivity contribution in [2.45, 2.75) is 145 Å². The largest absolute Gasteiger partial charge is 0.508 e. The molecule has 15 atom stereocenters. The van der Waals surface area contributed by atoms with Crippen LogP contribution in [0.2, 0.25) is 0 Å². The third kappa shape index (κ3) is 14.7. The Morgan fingerprint density at radius 2 is 1.16 bits per heavy atom. The van der Waals surface area contributed by atoms with Crippen LogP contribution in [0.15, 0.2) is 97.1 Å². The molecule has 82 heavy (non-hydrogen) atoms. The first-order valence-electron chi connectivity index (χ1n) is 27.3. The Kier molecular flexibility index (Phi) is 20.8. The van der Waals surface area contributed by atoms with Crippen molar-refractivity contribution < 1.29 is 84.3 Å². The maximum absolute atomic E-state index is 14.5. The lowest BCUT2D eigenvalue weighted by atomic mass is 9.96. The number of hydrogen-bond acceptors (Lipinski definition) is 17. The lowest BCUT2D eigenvalue weighted by Crippen LogP contribution is -2.64. The van der Waals surface area contributed by atoms with E-state index in [1.54, 1.807) is 12.1 Å². The van der Waals surface area contributed by atoms with Crippen molar-refractivity contribution in [1.29, 1.82) is 0 Å². The summed E-state index contributed by atoms with van der Waals surface area (Å²) in [5.74, 6) is -8.67. The average Bonchev–Trinajstić information content (AvgIpc) is 4.06. The monoisotopic (exact) mass is 1140 g/mol. The Bertz CT molecular complexity index is 2880. The van der Waals surface area contributed by atoms with Crippen molar-refractivity contribution in [2.75, 3.05) is 19.7 Å². The predicted octanol–water partition coefficient (Wildman–Crippen LogP) is -0.927. The first-order chi connectivity index (χ1) is 39.0. The van der Waals surface area contributed by atoms with Crippen LogP contribution in [0, 0.1) is 5.92 Å². The van der Waals surface area contributed by atoms with E-state index in [9.17, 15) is 79.5 Å². The molecule has 0 saturated carbocycles. The standard InChI is InChI=1S/C58H73N7O17/c1-5-6-7-24-82-40-22-18-35(19-23-40)33-10-8-32(9-11-33)34-12-14-37(15-13-34)51(74)59-41-26-43(70)54(77)63-56(79)47-48(71)29(2)27-65(47)58(81)45(31(4)67)61-55(78)46(50(73)49(72)36-16-20-38(68)21-17-36)62-53(76)42-25-39(69)28-64(42)57(80)44(30(3)66)60-52(41)75/h8-23,29-31,39,41-50,54,66-73,77H,5-7,24-28H2,1-4H3,(H,59,74)(H,60,75)(H,61,78)(H,62,76)(H,63,79)/t29-,30+,31+,39+,41-,42-,43+,44?,45-,46-,47-,48-,49-,50-,54+/m0/s1. The van der Waals surface area contributed by atoms with Gasteiger partial charge in [0.1, 0.15) is 66.1 Å². The highest BCUT2D eigenvalue weighted by Crippen LogP contribution is 2.30. The minimum Gasteiger partial charge on any atom is -0.508 e. The number of unbranched alkanes of at least 4 members (excludes halogenated alkanes) is 2. The van der Waals surface area contributed by atoms with E-state index in [0.717, 1.165) is 77.5 Å². The molecule has 4 aromatic rings. The zero-order valence-electron chi connectivity index (χ0n) is 45.7. The highest BCUT2D eigenvalue weighted by atomic mass is 16.5. The van der Waals surface area contributed by atoms with Gasteiger partial charge in [0.05, 0.1) is 31.0 Å². The van der Waals surface area contributed by atoms with Gasteiger partial charge < -0.3 is 87.1 Å². The molecular formula is C58H73N7O17. The molecular weight excluding hydrogens is 1070 g/mol. The van der Waals surface area contributed by atoms with Crippen LogP contribution in [0.3, 0.4) is 0 Å². The summed E-state index contributed by atoms with van der Waals surface area (Å²) in [6.45, 7) is 5.47. The molecule has 1 unspecified atom stereocenters. The number of amides is 7. The molecule has 0 spiro atoms. The van der Waals surface area contributed by atoms with Gasteiger partial charge in [-0.05, 0) is 84.5 Å². The van der Waals surface area contributed by atoms with Gasteiger partial charge in [-0.25, -0.2) is 0 Å². The van der Waals surface area contributed by atoms with Gasteiger partial charge in [0.15, 0.2) is 6.23 Å². The normalized spacial score (nSPS) is 27.5. The number of carbonyl (C=O) groups excluding carboxylic acids is 7. The first-order valence-corrected chi connectivity index (χ1v) is 27.3. The fraction of sp³-hybridized carbons (Fsp3) is 0.466. The molecule has 3 aliphatic rings. The SMILES string of the molecule is CCCCCOc1ccc(-c2ccc(-c3ccc(C(=O)N[C@H]4C[C@@H](O)[C@@H](O)NC(=O)[C@@H]5[C@@H](O)[C@@H](C)CN5C(=O)[C@H]([C@@H](C)O)NC(=O)[C@H]([C@H](O)[C@@H](O)c5ccc(O)cc5)NC(=O)[C@@H]5C[C@@H](O)CN5C(=O)C([C@@H](C)O)NC4=O)cc3)cc2)cc1. The second-order valence-corrected chi connectivity index (χ2v) is 21.3. The summed E-state index contributed by atoms with van der Waals surface area (Å²) < 4.78 is 5.84. The van der Waals surface area contributed by atoms with Crippen LogP contribution in [0.5, 0.6) is 11.5 Å². The van der Waals surface area contributed by atoms with Crippen molar-refractivity contribution in [3.05, 3.63) is 108 Å². The van der Waals surface area contributed by atoms with Crippen LogP contribution in [0.1, 0.15) is 81.8 Å². The summed E-state index contributed by atoms with van der Waals surface area (Å²) in [5, 5.41) is 111. The van der Waals surface area contributed by atoms with E-state index in [2.05, 4.69) is 33.5 Å². The highest BCUT2D eigenvalue weighted by molar-refractivity contribution is 6.00. The molecule has 3 heterocycles. The van der Waals surface area contributed by atoms with E-state index in [0.29, 0.717) is 12.2 Å². The third-order valence-corrected chi connectivity index (χ3v) is 15.0. The van der Waals surface area contributed by atoms with Gasteiger partial charge in [-0.15, -0.1) is 0 Å². The van der Waals surface area contributed by atoms with Crippen LogP contribution < -0.4 is 31.3 Å². The molecule has 14 N–H and O–H groups in total. The Balaban J connectivity index is 1.18. The maximum Gasteiger partial charge on any atom is 0.251 e. The minimum atomic E-state index is -2.29. The number of ether oxygens (including phenoxy) is 1.